The largest absolute Gasteiger partial charge is 0.272 e. The summed E-state index contributed by atoms with van der Waals surface area (Å²) >= 11 is 6.00. The van der Waals surface area contributed by atoms with Crippen LogP contribution in [-0.2, 0) is 0 Å². The third-order valence-corrected chi connectivity index (χ3v) is 4.04. The van der Waals surface area contributed by atoms with E-state index in [-0.39, 0.29) is 5.91 Å². The second kappa shape index (κ2) is 6.72. The minimum Gasteiger partial charge on any atom is -0.267 e. The summed E-state index contributed by atoms with van der Waals surface area (Å²) in [7, 11) is 0. The maximum Gasteiger partial charge on any atom is 0.272 e. The Morgan fingerprint density at radius 2 is 2.14 bits per heavy atom. The van der Waals surface area contributed by atoms with Gasteiger partial charge in [-0.1, -0.05) is 42.0 Å². The smallest absolute Gasteiger partial charge is 0.267 e. The summed E-state index contributed by atoms with van der Waals surface area (Å²) in [6, 6.07) is 6.93. The molecule has 21 heavy (non-hydrogen) atoms. The van der Waals surface area contributed by atoms with Crippen LogP contribution >= 0.6 is 11.6 Å². The first-order chi connectivity index (χ1) is 9.99. The van der Waals surface area contributed by atoms with Crippen LogP contribution in [0.2, 0.25) is 5.02 Å². The van der Waals surface area contributed by atoms with Crippen molar-refractivity contribution in [3.8, 4) is 0 Å². The lowest BCUT2D eigenvalue weighted by atomic mass is 9.85. The van der Waals surface area contributed by atoms with Crippen LogP contribution in [0.5, 0.6) is 0 Å². The molecule has 0 saturated heterocycles. The van der Waals surface area contributed by atoms with E-state index in [4.69, 9.17) is 11.6 Å². The van der Waals surface area contributed by atoms with Crippen molar-refractivity contribution in [2.75, 3.05) is 0 Å². The van der Waals surface area contributed by atoms with Gasteiger partial charge in [-0.2, -0.15) is 5.10 Å². The SMILES string of the molecule is C=C(C)[C@@H]1CC=C(C)C(=NNC(=O)c2ccccc2Cl)C1. The number of nitrogens with zero attached hydrogens (tertiary/aromatic N) is 1. The molecule has 0 saturated carbocycles. The second-order valence-corrected chi connectivity index (χ2v) is 5.76. The minimum atomic E-state index is -0.293. The molecule has 1 amide bonds. The number of rotatable bonds is 3. The summed E-state index contributed by atoms with van der Waals surface area (Å²) in [4.78, 5) is 12.1. The van der Waals surface area contributed by atoms with Crippen molar-refractivity contribution in [1.29, 1.82) is 0 Å². The van der Waals surface area contributed by atoms with Crippen LogP contribution in [-0.4, -0.2) is 11.6 Å². The summed E-state index contributed by atoms with van der Waals surface area (Å²) in [6.07, 6.45) is 3.93. The van der Waals surface area contributed by atoms with Gasteiger partial charge in [0.05, 0.1) is 16.3 Å². The molecule has 1 N–H and O–H groups in total. The number of benzene rings is 1. The quantitative estimate of drug-likeness (QED) is 0.654. The van der Waals surface area contributed by atoms with Crippen molar-refractivity contribution in [1.82, 2.24) is 5.43 Å². The van der Waals surface area contributed by atoms with Gasteiger partial charge in [-0.15, -0.1) is 0 Å². The first-order valence-electron chi connectivity index (χ1n) is 6.93. The Hall–Kier alpha value is -1.87. The Morgan fingerprint density at radius 1 is 1.43 bits per heavy atom. The highest BCUT2D eigenvalue weighted by Crippen LogP contribution is 2.26. The molecule has 0 fully saturated rings. The fourth-order valence-electron chi connectivity index (χ4n) is 2.25. The van der Waals surface area contributed by atoms with E-state index in [0.717, 1.165) is 29.7 Å². The maximum absolute atomic E-state index is 12.1. The van der Waals surface area contributed by atoms with Crippen LogP contribution in [0.15, 0.2) is 53.2 Å². The molecule has 0 aliphatic heterocycles. The summed E-state index contributed by atoms with van der Waals surface area (Å²) in [5, 5.41) is 4.69. The fraction of sp³-hybridized carbons (Fsp3) is 0.294. The lowest BCUT2D eigenvalue weighted by molar-refractivity contribution is 0.0955. The second-order valence-electron chi connectivity index (χ2n) is 5.35. The predicted octanol–water partition coefficient (Wildman–Crippen LogP) is 4.36. The van der Waals surface area contributed by atoms with Crippen molar-refractivity contribution < 1.29 is 4.79 Å². The number of carbonyl (C=O) groups is 1. The molecule has 0 spiro atoms. The zero-order valence-corrected chi connectivity index (χ0v) is 13.1. The van der Waals surface area contributed by atoms with Gasteiger partial charge < -0.3 is 0 Å². The molecule has 0 aromatic heterocycles. The number of carbonyl (C=O) groups excluding carboxylic acids is 1. The van der Waals surface area contributed by atoms with Crippen LogP contribution in [0.25, 0.3) is 0 Å². The molecule has 110 valence electrons. The highest BCUT2D eigenvalue weighted by atomic mass is 35.5. The molecule has 1 aliphatic rings. The molecule has 2 rings (SSSR count). The summed E-state index contributed by atoms with van der Waals surface area (Å²) in [6.45, 7) is 8.04. The van der Waals surface area contributed by atoms with E-state index in [1.165, 1.54) is 0 Å². The lowest BCUT2D eigenvalue weighted by Gasteiger charge is -2.22. The lowest BCUT2D eigenvalue weighted by Crippen LogP contribution is -2.23. The van der Waals surface area contributed by atoms with Crippen molar-refractivity contribution in [3.05, 3.63) is 58.7 Å². The molecular formula is C17H19ClN2O. The normalized spacial score (nSPS) is 20.0. The van der Waals surface area contributed by atoms with Crippen molar-refractivity contribution in [2.24, 2.45) is 11.0 Å². The first-order valence-corrected chi connectivity index (χ1v) is 7.30. The van der Waals surface area contributed by atoms with Gasteiger partial charge in [0.2, 0.25) is 0 Å². The fourth-order valence-corrected chi connectivity index (χ4v) is 2.47. The molecule has 1 aromatic rings. The standard InChI is InChI=1S/C17H19ClN2O/c1-11(2)13-9-8-12(3)16(10-13)19-20-17(21)14-6-4-5-7-15(14)18/h4-8,13H,1,9-10H2,2-3H3,(H,20,21)/t13-/m1/s1. The van der Waals surface area contributed by atoms with Gasteiger partial charge >= 0.3 is 0 Å². The van der Waals surface area contributed by atoms with E-state index in [0.29, 0.717) is 16.5 Å². The zero-order chi connectivity index (χ0) is 15.4. The van der Waals surface area contributed by atoms with Crippen molar-refractivity contribution in [2.45, 2.75) is 26.7 Å². The third kappa shape index (κ3) is 3.82. The van der Waals surface area contributed by atoms with Crippen LogP contribution < -0.4 is 5.43 Å². The van der Waals surface area contributed by atoms with Crippen LogP contribution in [0, 0.1) is 5.92 Å². The summed E-state index contributed by atoms with van der Waals surface area (Å²) in [5.41, 5.74) is 6.17. The van der Waals surface area contributed by atoms with Gasteiger partial charge in [0.15, 0.2) is 0 Å². The number of amides is 1. The molecule has 0 bridgehead atoms. The average Bonchev–Trinajstić information content (AvgIpc) is 2.46. The van der Waals surface area contributed by atoms with Crippen LogP contribution in [0.3, 0.4) is 0 Å². The van der Waals surface area contributed by atoms with Gasteiger partial charge in [-0.25, -0.2) is 5.43 Å². The monoisotopic (exact) mass is 302 g/mol. The van der Waals surface area contributed by atoms with E-state index in [1.54, 1.807) is 24.3 Å². The molecule has 1 aromatic carbocycles. The van der Waals surface area contributed by atoms with Gasteiger partial charge in [0.25, 0.3) is 5.91 Å². The highest BCUT2D eigenvalue weighted by Gasteiger charge is 2.19. The Labute approximate surface area is 130 Å². The van der Waals surface area contributed by atoms with Crippen molar-refractivity contribution in [3.63, 3.8) is 0 Å². The topological polar surface area (TPSA) is 41.5 Å². The number of hydrazone groups is 1. The Kier molecular flexibility index (Phi) is 4.97. The zero-order valence-electron chi connectivity index (χ0n) is 12.3. The first kappa shape index (κ1) is 15.5. The van der Waals surface area contributed by atoms with Gasteiger partial charge in [0.1, 0.15) is 0 Å². The van der Waals surface area contributed by atoms with E-state index in [2.05, 4.69) is 23.2 Å². The molecule has 0 unspecified atom stereocenters. The maximum atomic E-state index is 12.1. The molecule has 0 radical (unpaired) electrons. The van der Waals surface area contributed by atoms with Gasteiger partial charge in [-0.3, -0.25) is 4.79 Å². The Morgan fingerprint density at radius 3 is 2.81 bits per heavy atom. The average molecular weight is 303 g/mol. The summed E-state index contributed by atoms with van der Waals surface area (Å²) < 4.78 is 0. The van der Waals surface area contributed by atoms with E-state index in [9.17, 15) is 4.79 Å². The van der Waals surface area contributed by atoms with Gasteiger partial charge in [-0.05, 0) is 50.3 Å². The number of nitrogens with one attached hydrogen (secondary N) is 1. The molecule has 1 atom stereocenters. The number of hydrogen-bond acceptors (Lipinski definition) is 2. The number of allylic oxidation sites excluding steroid dienone is 3. The number of hydrogen-bond donors (Lipinski definition) is 1. The molecule has 1 aliphatic carbocycles. The third-order valence-electron chi connectivity index (χ3n) is 3.71. The van der Waals surface area contributed by atoms with Crippen LogP contribution in [0.4, 0.5) is 0 Å². The molecular weight excluding hydrogens is 284 g/mol. The van der Waals surface area contributed by atoms with Gasteiger partial charge in [0, 0.05) is 0 Å². The molecule has 0 heterocycles. The minimum absolute atomic E-state index is 0.293. The summed E-state index contributed by atoms with van der Waals surface area (Å²) in [5.74, 6) is 0.100. The number of halogens is 1. The predicted molar refractivity (Wildman–Crippen MR) is 87.6 cm³/mol. The van der Waals surface area contributed by atoms with Crippen molar-refractivity contribution >= 4 is 23.2 Å². The van der Waals surface area contributed by atoms with Crippen LogP contribution in [0.1, 0.15) is 37.0 Å². The molecule has 3 nitrogen and oxygen atoms in total. The van der Waals surface area contributed by atoms with E-state index >= 15 is 0 Å². The Balaban J connectivity index is 2.12. The van der Waals surface area contributed by atoms with E-state index in [1.807, 2.05) is 13.8 Å². The molecule has 4 heteroatoms. The highest BCUT2D eigenvalue weighted by molar-refractivity contribution is 6.33. The Bertz CT molecular complexity index is 631. The van der Waals surface area contributed by atoms with E-state index < -0.39 is 0 Å².